The minimum atomic E-state index is -0.388. The van der Waals surface area contributed by atoms with E-state index in [-0.39, 0.29) is 18.5 Å². The van der Waals surface area contributed by atoms with Gasteiger partial charge in [0, 0.05) is 12.1 Å². The Hall–Kier alpha value is -2.35. The van der Waals surface area contributed by atoms with Crippen molar-refractivity contribution in [3.63, 3.8) is 0 Å². The fraction of sp³-hybridized carbons (Fsp3) is 0.500. The molecule has 2 aliphatic carbocycles. The first kappa shape index (κ1) is 15.5. The molecule has 1 aromatic carbocycles. The normalized spacial score (nSPS) is 24.9. The van der Waals surface area contributed by atoms with Crippen molar-refractivity contribution in [2.45, 2.75) is 32.1 Å². The van der Waals surface area contributed by atoms with Crippen LogP contribution in [0.4, 0.5) is 5.69 Å². The predicted octanol–water partition coefficient (Wildman–Crippen LogP) is 2.87. The molecule has 2 saturated carbocycles. The van der Waals surface area contributed by atoms with Crippen LogP contribution in [0.1, 0.15) is 37.7 Å². The van der Waals surface area contributed by atoms with Gasteiger partial charge in [0.1, 0.15) is 0 Å². The molecule has 2 bridgehead atoms. The standard InChI is InChI=1S/C18H20N2O3/c19-10-13-2-1-3-16(8-13)20-17(21)11-23-18(22)9-15-7-12-4-5-14(15)6-12/h1-3,8,12,14-15H,4-7,9,11H2,(H,20,21). The number of fused-ring (bicyclic) bond motifs is 2. The minimum Gasteiger partial charge on any atom is -0.456 e. The third kappa shape index (κ3) is 3.89. The Bertz CT molecular complexity index is 650. The summed E-state index contributed by atoms with van der Waals surface area (Å²) >= 11 is 0. The molecule has 3 atom stereocenters. The van der Waals surface area contributed by atoms with Gasteiger partial charge in [0.25, 0.3) is 5.91 Å². The molecule has 0 radical (unpaired) electrons. The molecule has 0 aromatic heterocycles. The van der Waals surface area contributed by atoms with Crippen LogP contribution in [0.2, 0.25) is 0 Å². The quantitative estimate of drug-likeness (QED) is 0.848. The van der Waals surface area contributed by atoms with Crippen LogP contribution in [0.5, 0.6) is 0 Å². The van der Waals surface area contributed by atoms with Gasteiger partial charge in [-0.1, -0.05) is 12.5 Å². The maximum absolute atomic E-state index is 11.9. The van der Waals surface area contributed by atoms with Gasteiger partial charge in [-0.25, -0.2) is 0 Å². The van der Waals surface area contributed by atoms with Crippen molar-refractivity contribution in [3.8, 4) is 6.07 Å². The molecule has 1 aromatic rings. The van der Waals surface area contributed by atoms with Crippen LogP contribution in [0.3, 0.4) is 0 Å². The Morgan fingerprint density at radius 1 is 1.30 bits per heavy atom. The van der Waals surface area contributed by atoms with E-state index in [1.807, 2.05) is 6.07 Å². The summed E-state index contributed by atoms with van der Waals surface area (Å²) in [6.07, 6.45) is 5.36. The number of ether oxygens (including phenoxy) is 1. The van der Waals surface area contributed by atoms with E-state index in [1.165, 1.54) is 19.3 Å². The lowest BCUT2D eigenvalue weighted by molar-refractivity contribution is -0.148. The molecule has 0 heterocycles. The molecule has 2 fully saturated rings. The van der Waals surface area contributed by atoms with Gasteiger partial charge in [0.2, 0.25) is 0 Å². The lowest BCUT2D eigenvalue weighted by Crippen LogP contribution is -2.23. The summed E-state index contributed by atoms with van der Waals surface area (Å²) in [4.78, 5) is 23.7. The molecule has 0 saturated heterocycles. The van der Waals surface area contributed by atoms with Gasteiger partial charge in [-0.15, -0.1) is 0 Å². The summed E-state index contributed by atoms with van der Waals surface area (Å²) in [5.41, 5.74) is 0.995. The van der Waals surface area contributed by atoms with Crippen LogP contribution in [-0.4, -0.2) is 18.5 Å². The number of benzene rings is 1. The van der Waals surface area contributed by atoms with Gasteiger partial charge in [-0.3, -0.25) is 9.59 Å². The zero-order valence-electron chi connectivity index (χ0n) is 13.0. The van der Waals surface area contributed by atoms with Gasteiger partial charge in [-0.05, 0) is 55.2 Å². The smallest absolute Gasteiger partial charge is 0.306 e. The lowest BCUT2D eigenvalue weighted by atomic mass is 9.86. The Morgan fingerprint density at radius 2 is 2.17 bits per heavy atom. The topological polar surface area (TPSA) is 79.2 Å². The highest BCUT2D eigenvalue weighted by Gasteiger charge is 2.40. The minimum absolute atomic E-state index is 0.281. The number of rotatable bonds is 5. The number of carbonyl (C=O) groups is 2. The SMILES string of the molecule is N#Cc1cccc(NC(=O)COC(=O)CC2CC3CCC2C3)c1. The summed E-state index contributed by atoms with van der Waals surface area (Å²) in [7, 11) is 0. The second-order valence-electron chi connectivity index (χ2n) is 6.54. The zero-order chi connectivity index (χ0) is 16.2. The summed E-state index contributed by atoms with van der Waals surface area (Å²) in [5, 5.41) is 11.4. The molecular weight excluding hydrogens is 292 g/mol. The van der Waals surface area contributed by atoms with Gasteiger partial charge in [0.05, 0.1) is 11.6 Å². The molecule has 1 N–H and O–H groups in total. The maximum atomic E-state index is 11.9. The van der Waals surface area contributed by atoms with Crippen LogP contribution in [-0.2, 0) is 14.3 Å². The first-order chi connectivity index (χ1) is 11.1. The van der Waals surface area contributed by atoms with Gasteiger partial charge in [0.15, 0.2) is 6.61 Å². The molecule has 3 unspecified atom stereocenters. The first-order valence-electron chi connectivity index (χ1n) is 8.09. The van der Waals surface area contributed by atoms with E-state index in [9.17, 15) is 9.59 Å². The third-order valence-electron chi connectivity index (χ3n) is 4.95. The number of amides is 1. The van der Waals surface area contributed by atoms with Crippen molar-refractivity contribution in [1.29, 1.82) is 5.26 Å². The number of carbonyl (C=O) groups excluding carboxylic acids is 2. The van der Waals surface area contributed by atoms with Crippen molar-refractivity contribution in [1.82, 2.24) is 0 Å². The van der Waals surface area contributed by atoms with Gasteiger partial charge in [-0.2, -0.15) is 5.26 Å². The summed E-state index contributed by atoms with van der Waals surface area (Å²) < 4.78 is 5.09. The summed E-state index contributed by atoms with van der Waals surface area (Å²) in [6, 6.07) is 8.62. The predicted molar refractivity (Wildman–Crippen MR) is 84.3 cm³/mol. The molecule has 3 rings (SSSR count). The van der Waals surface area contributed by atoms with E-state index in [0.717, 1.165) is 12.3 Å². The largest absolute Gasteiger partial charge is 0.456 e. The van der Waals surface area contributed by atoms with Crippen LogP contribution in [0.15, 0.2) is 24.3 Å². The fourth-order valence-electron chi connectivity index (χ4n) is 3.91. The highest BCUT2D eigenvalue weighted by atomic mass is 16.5. The number of hydrogen-bond donors (Lipinski definition) is 1. The van der Waals surface area contributed by atoms with E-state index in [2.05, 4.69) is 5.32 Å². The molecule has 0 aliphatic heterocycles. The molecule has 0 spiro atoms. The second kappa shape index (κ2) is 6.82. The molecule has 2 aliphatic rings. The average molecular weight is 312 g/mol. The van der Waals surface area contributed by atoms with E-state index in [0.29, 0.717) is 29.5 Å². The maximum Gasteiger partial charge on any atom is 0.306 e. The van der Waals surface area contributed by atoms with E-state index in [4.69, 9.17) is 10.00 Å². The second-order valence-corrected chi connectivity index (χ2v) is 6.54. The van der Waals surface area contributed by atoms with Gasteiger partial charge < -0.3 is 10.1 Å². The summed E-state index contributed by atoms with van der Waals surface area (Å²) in [5.74, 6) is 1.24. The van der Waals surface area contributed by atoms with Crippen LogP contribution in [0, 0.1) is 29.1 Å². The van der Waals surface area contributed by atoms with Crippen molar-refractivity contribution >= 4 is 17.6 Å². The van der Waals surface area contributed by atoms with Crippen molar-refractivity contribution in [2.24, 2.45) is 17.8 Å². The summed E-state index contributed by atoms with van der Waals surface area (Å²) in [6.45, 7) is -0.281. The number of hydrogen-bond acceptors (Lipinski definition) is 4. The zero-order valence-corrected chi connectivity index (χ0v) is 13.0. The highest BCUT2D eigenvalue weighted by molar-refractivity contribution is 5.92. The monoisotopic (exact) mass is 312 g/mol. The Morgan fingerprint density at radius 3 is 2.87 bits per heavy atom. The number of nitriles is 1. The molecule has 120 valence electrons. The van der Waals surface area contributed by atoms with Crippen LogP contribution in [0.25, 0.3) is 0 Å². The Labute approximate surface area is 135 Å². The number of nitrogens with zero attached hydrogens (tertiary/aromatic N) is 1. The van der Waals surface area contributed by atoms with E-state index in [1.54, 1.807) is 24.3 Å². The van der Waals surface area contributed by atoms with Crippen molar-refractivity contribution in [2.75, 3.05) is 11.9 Å². The van der Waals surface area contributed by atoms with Crippen LogP contribution >= 0.6 is 0 Å². The Kier molecular flexibility index (Phi) is 4.61. The number of esters is 1. The Balaban J connectivity index is 1.41. The fourth-order valence-corrected chi connectivity index (χ4v) is 3.91. The molecular formula is C18H20N2O3. The van der Waals surface area contributed by atoms with E-state index < -0.39 is 0 Å². The number of nitrogens with one attached hydrogen (secondary N) is 1. The van der Waals surface area contributed by atoms with E-state index >= 15 is 0 Å². The molecule has 23 heavy (non-hydrogen) atoms. The van der Waals surface area contributed by atoms with Crippen LogP contribution < -0.4 is 5.32 Å². The van der Waals surface area contributed by atoms with Crippen molar-refractivity contribution in [3.05, 3.63) is 29.8 Å². The van der Waals surface area contributed by atoms with Crippen molar-refractivity contribution < 1.29 is 14.3 Å². The average Bonchev–Trinajstić information content (AvgIpc) is 3.16. The lowest BCUT2D eigenvalue weighted by Gasteiger charge is -2.20. The molecule has 5 heteroatoms. The third-order valence-corrected chi connectivity index (χ3v) is 4.95. The first-order valence-corrected chi connectivity index (χ1v) is 8.09. The molecule has 1 amide bonds. The molecule has 5 nitrogen and oxygen atoms in total. The van der Waals surface area contributed by atoms with Gasteiger partial charge >= 0.3 is 5.97 Å². The number of anilines is 1. The highest BCUT2D eigenvalue weighted by Crippen LogP contribution is 2.49.